The normalized spacial score (nSPS) is 29.6. The number of amides is 2. The van der Waals surface area contributed by atoms with Gasteiger partial charge >= 0.3 is 6.18 Å². The Hall–Kier alpha value is -2.13. The molecule has 4 heterocycles. The van der Waals surface area contributed by atoms with Crippen molar-refractivity contribution in [3.63, 3.8) is 0 Å². The van der Waals surface area contributed by atoms with Crippen LogP contribution in [0.25, 0.3) is 0 Å². The smallest absolute Gasteiger partial charge is 0.367 e. The van der Waals surface area contributed by atoms with Gasteiger partial charge in [-0.1, -0.05) is 23.8 Å². The second kappa shape index (κ2) is 5.95. The first-order valence-electron chi connectivity index (χ1n) is 7.93. The van der Waals surface area contributed by atoms with Gasteiger partial charge in [0.15, 0.2) is 0 Å². The molecule has 1 N–H and O–H groups in total. The third-order valence-electron chi connectivity index (χ3n) is 4.80. The van der Waals surface area contributed by atoms with Gasteiger partial charge in [0.1, 0.15) is 5.82 Å². The van der Waals surface area contributed by atoms with Crippen LogP contribution >= 0.6 is 11.6 Å². The SMILES string of the molecule is O=C1[C@@H]2[C@@H](C(=O)N1CCNc1ncc(C(F)(F)F)cc1Cl)[C@@H]1C=C[C@@H]2O1. The van der Waals surface area contributed by atoms with Crippen LogP contribution in [0.2, 0.25) is 5.02 Å². The highest BCUT2D eigenvalue weighted by atomic mass is 35.5. The molecular formula is C16H13ClF3N3O3. The van der Waals surface area contributed by atoms with E-state index >= 15 is 0 Å². The quantitative estimate of drug-likeness (QED) is 0.633. The first-order chi connectivity index (χ1) is 12.3. The van der Waals surface area contributed by atoms with Crippen LogP contribution in [0.1, 0.15) is 5.56 Å². The van der Waals surface area contributed by atoms with Crippen LogP contribution in [-0.4, -0.2) is 47.0 Å². The number of ether oxygens (including phenoxy) is 1. The number of hydrogen-bond acceptors (Lipinski definition) is 5. The maximum absolute atomic E-state index is 12.6. The van der Waals surface area contributed by atoms with Crippen molar-refractivity contribution in [3.8, 4) is 0 Å². The molecule has 0 aliphatic carbocycles. The molecule has 138 valence electrons. The van der Waals surface area contributed by atoms with Crippen molar-refractivity contribution in [1.29, 1.82) is 0 Å². The van der Waals surface area contributed by atoms with Gasteiger partial charge in [0, 0.05) is 19.3 Å². The molecule has 10 heteroatoms. The third kappa shape index (κ3) is 2.66. The fraction of sp³-hybridized carbons (Fsp3) is 0.438. The van der Waals surface area contributed by atoms with E-state index < -0.39 is 23.6 Å². The van der Waals surface area contributed by atoms with Gasteiger partial charge in [0.2, 0.25) is 11.8 Å². The molecular weight excluding hydrogens is 375 g/mol. The van der Waals surface area contributed by atoms with Crippen LogP contribution in [0.5, 0.6) is 0 Å². The first kappa shape index (κ1) is 17.3. The number of pyridine rings is 1. The van der Waals surface area contributed by atoms with Gasteiger partial charge in [0.05, 0.1) is 34.6 Å². The Balaban J connectivity index is 1.39. The molecule has 0 aromatic carbocycles. The maximum atomic E-state index is 12.6. The van der Waals surface area contributed by atoms with Crippen LogP contribution in [0.4, 0.5) is 19.0 Å². The molecule has 2 amide bonds. The molecule has 2 fully saturated rings. The molecule has 4 rings (SSSR count). The molecule has 0 unspecified atom stereocenters. The predicted octanol–water partition coefficient (Wildman–Crippen LogP) is 2.10. The number of halogens is 4. The minimum Gasteiger partial charge on any atom is -0.367 e. The Morgan fingerprint density at radius 3 is 2.35 bits per heavy atom. The highest BCUT2D eigenvalue weighted by Crippen LogP contribution is 2.44. The van der Waals surface area contributed by atoms with Crippen molar-refractivity contribution in [2.24, 2.45) is 11.8 Å². The van der Waals surface area contributed by atoms with Gasteiger partial charge in [-0.05, 0) is 6.07 Å². The van der Waals surface area contributed by atoms with Crippen LogP contribution in [-0.2, 0) is 20.5 Å². The number of anilines is 1. The Labute approximate surface area is 151 Å². The van der Waals surface area contributed by atoms with Gasteiger partial charge in [-0.15, -0.1) is 0 Å². The number of carbonyl (C=O) groups excluding carboxylic acids is 2. The summed E-state index contributed by atoms with van der Waals surface area (Å²) in [6.07, 6.45) is -0.978. The summed E-state index contributed by atoms with van der Waals surface area (Å²) in [6.45, 7) is 0.196. The van der Waals surface area contributed by atoms with E-state index in [1.807, 2.05) is 0 Å². The third-order valence-corrected chi connectivity index (χ3v) is 5.09. The van der Waals surface area contributed by atoms with Crippen LogP contribution < -0.4 is 5.32 Å². The van der Waals surface area contributed by atoms with E-state index in [1.54, 1.807) is 12.2 Å². The lowest BCUT2D eigenvalue weighted by Crippen LogP contribution is -2.37. The first-order valence-corrected chi connectivity index (χ1v) is 8.31. The van der Waals surface area contributed by atoms with Crippen molar-refractivity contribution in [1.82, 2.24) is 9.88 Å². The molecule has 0 radical (unpaired) electrons. The van der Waals surface area contributed by atoms with E-state index in [9.17, 15) is 22.8 Å². The van der Waals surface area contributed by atoms with Crippen molar-refractivity contribution < 1.29 is 27.5 Å². The van der Waals surface area contributed by atoms with Gasteiger partial charge in [0.25, 0.3) is 0 Å². The highest BCUT2D eigenvalue weighted by molar-refractivity contribution is 6.33. The van der Waals surface area contributed by atoms with Gasteiger partial charge < -0.3 is 10.1 Å². The average molecular weight is 388 g/mol. The summed E-state index contributed by atoms with van der Waals surface area (Å²) in [6, 6.07) is 0.772. The fourth-order valence-corrected chi connectivity index (χ4v) is 3.83. The largest absolute Gasteiger partial charge is 0.417 e. The Kier molecular flexibility index (Phi) is 3.96. The summed E-state index contributed by atoms with van der Waals surface area (Å²) in [5, 5.41) is 2.57. The summed E-state index contributed by atoms with van der Waals surface area (Å²) in [5.74, 6) is -1.48. The van der Waals surface area contributed by atoms with Crippen molar-refractivity contribution in [2.45, 2.75) is 18.4 Å². The fourth-order valence-electron chi connectivity index (χ4n) is 3.59. The standard InChI is InChI=1S/C16H13ClF3N3O3/c17-8-5-7(16(18,19)20)6-22-13(8)21-3-4-23-14(24)11-9-1-2-10(26-9)12(11)15(23)25/h1-2,5-6,9-12H,3-4H2,(H,21,22)/t9-,10-,11-,12-/m0/s1. The Morgan fingerprint density at radius 2 is 1.81 bits per heavy atom. The number of likely N-dealkylation sites (tertiary alicyclic amines) is 1. The van der Waals surface area contributed by atoms with Gasteiger partial charge in [-0.25, -0.2) is 4.98 Å². The molecule has 2 saturated heterocycles. The number of nitrogens with one attached hydrogen (secondary N) is 1. The summed E-state index contributed by atoms with van der Waals surface area (Å²) in [4.78, 5) is 29.7. The van der Waals surface area contributed by atoms with Crippen molar-refractivity contribution in [3.05, 3.63) is 35.0 Å². The topological polar surface area (TPSA) is 71.5 Å². The summed E-state index contributed by atoms with van der Waals surface area (Å²) < 4.78 is 43.4. The van der Waals surface area contributed by atoms with Crippen LogP contribution in [0.3, 0.4) is 0 Å². The van der Waals surface area contributed by atoms with Crippen molar-refractivity contribution in [2.75, 3.05) is 18.4 Å². The summed E-state index contributed by atoms with van der Waals surface area (Å²) in [5.41, 5.74) is -0.950. The molecule has 2 bridgehead atoms. The maximum Gasteiger partial charge on any atom is 0.417 e. The number of nitrogens with zero attached hydrogens (tertiary/aromatic N) is 2. The summed E-state index contributed by atoms with van der Waals surface area (Å²) in [7, 11) is 0. The van der Waals surface area contributed by atoms with E-state index in [2.05, 4.69) is 10.3 Å². The van der Waals surface area contributed by atoms with Gasteiger partial charge in [-0.3, -0.25) is 14.5 Å². The second-order valence-electron chi connectivity index (χ2n) is 6.31. The number of aromatic nitrogens is 1. The number of alkyl halides is 3. The van der Waals surface area contributed by atoms with E-state index in [0.717, 1.165) is 11.0 Å². The summed E-state index contributed by atoms with van der Waals surface area (Å²) >= 11 is 5.82. The minimum atomic E-state index is -4.53. The zero-order valence-electron chi connectivity index (χ0n) is 13.2. The van der Waals surface area contributed by atoms with Crippen LogP contribution in [0, 0.1) is 11.8 Å². The van der Waals surface area contributed by atoms with E-state index in [-0.39, 0.29) is 48.0 Å². The molecule has 0 spiro atoms. The molecule has 3 aliphatic heterocycles. The van der Waals surface area contributed by atoms with E-state index in [4.69, 9.17) is 16.3 Å². The molecule has 4 atom stereocenters. The van der Waals surface area contributed by atoms with Crippen LogP contribution in [0.15, 0.2) is 24.4 Å². The molecule has 3 aliphatic rings. The lowest BCUT2D eigenvalue weighted by molar-refractivity contribution is -0.142. The molecule has 1 aromatic rings. The molecule has 0 saturated carbocycles. The average Bonchev–Trinajstić information content (AvgIpc) is 3.24. The number of rotatable bonds is 4. The molecule has 1 aromatic heterocycles. The molecule has 26 heavy (non-hydrogen) atoms. The number of imide groups is 1. The highest BCUT2D eigenvalue weighted by Gasteiger charge is 2.60. The lowest BCUT2D eigenvalue weighted by Gasteiger charge is -2.18. The predicted molar refractivity (Wildman–Crippen MR) is 84.2 cm³/mol. The monoisotopic (exact) mass is 387 g/mol. The number of hydrogen-bond donors (Lipinski definition) is 1. The lowest BCUT2D eigenvalue weighted by atomic mass is 9.85. The van der Waals surface area contributed by atoms with Gasteiger partial charge in [-0.2, -0.15) is 13.2 Å². The van der Waals surface area contributed by atoms with Crippen molar-refractivity contribution >= 4 is 29.2 Å². The van der Waals surface area contributed by atoms with E-state index in [1.165, 1.54) is 0 Å². The Bertz CT molecular complexity index is 784. The molecule has 6 nitrogen and oxygen atoms in total. The number of carbonyl (C=O) groups is 2. The Morgan fingerprint density at radius 1 is 1.19 bits per heavy atom. The minimum absolute atomic E-state index is 0.0593. The zero-order valence-corrected chi connectivity index (χ0v) is 13.9. The number of fused-ring (bicyclic) bond motifs is 5. The van der Waals surface area contributed by atoms with E-state index in [0.29, 0.717) is 6.20 Å². The zero-order chi connectivity index (χ0) is 18.6. The second-order valence-corrected chi connectivity index (χ2v) is 6.72.